The number of esters is 1. The Labute approximate surface area is 270 Å². The quantitative estimate of drug-likeness (QED) is 0.140. The lowest BCUT2D eigenvalue weighted by molar-refractivity contribution is -0.510. The number of aromatic amines is 2. The van der Waals surface area contributed by atoms with Crippen molar-refractivity contribution in [1.82, 2.24) is 19.9 Å². The third-order valence-corrected chi connectivity index (χ3v) is 9.65. The molecule has 1 atom stereocenters. The predicted octanol–water partition coefficient (Wildman–Crippen LogP) is 8.49. The number of aromatic nitrogens is 4. The summed E-state index contributed by atoms with van der Waals surface area (Å²) in [5.41, 5.74) is 16.4. The van der Waals surface area contributed by atoms with E-state index < -0.39 is 16.9 Å². The number of carbonyl (C=O) groups is 1. The number of hydrogen-bond acceptors (Lipinski definition) is 6. The van der Waals surface area contributed by atoms with Crippen molar-refractivity contribution in [3.05, 3.63) is 78.9 Å². The van der Waals surface area contributed by atoms with Crippen LogP contribution in [-0.2, 0) is 28.8 Å². The molecule has 3 aromatic heterocycles. The molecule has 0 aromatic carbocycles. The summed E-state index contributed by atoms with van der Waals surface area (Å²) >= 11 is 0. The van der Waals surface area contributed by atoms with Gasteiger partial charge in [-0.15, -0.1) is 0 Å². The van der Waals surface area contributed by atoms with Crippen molar-refractivity contribution in [2.45, 2.75) is 100 Å². The van der Waals surface area contributed by atoms with Crippen molar-refractivity contribution in [3.63, 3.8) is 0 Å². The van der Waals surface area contributed by atoms with Gasteiger partial charge < -0.3 is 14.7 Å². The van der Waals surface area contributed by atoms with Gasteiger partial charge in [-0.3, -0.25) is 10.1 Å². The highest BCUT2D eigenvalue weighted by Gasteiger charge is 2.36. The van der Waals surface area contributed by atoms with Gasteiger partial charge in [0.2, 0.25) is 0 Å². The topological polar surface area (TPSA) is 127 Å². The first-order valence-corrected chi connectivity index (χ1v) is 16.4. The molecule has 0 unspecified atom stereocenters. The molecule has 0 saturated heterocycles. The fourth-order valence-electron chi connectivity index (χ4n) is 7.10. The minimum absolute atomic E-state index is 0.0598. The highest BCUT2D eigenvalue weighted by Crippen LogP contribution is 2.40. The number of hydrogen-bond donors (Lipinski definition) is 2. The molecule has 2 aliphatic rings. The number of nitrogens with one attached hydrogen (secondary N) is 2. The van der Waals surface area contributed by atoms with Crippen LogP contribution in [0.1, 0.15) is 112 Å². The van der Waals surface area contributed by atoms with Crippen molar-refractivity contribution >= 4 is 50.3 Å². The van der Waals surface area contributed by atoms with E-state index in [1.165, 1.54) is 22.3 Å². The van der Waals surface area contributed by atoms with Gasteiger partial charge in [0, 0.05) is 32.6 Å². The number of fused-ring (bicyclic) bond motifs is 8. The SMILES string of the molecule is CCOC(=O)[C@@H](Cc1c2nc(cc3[nH]c(cc4[nH]c(cc5nc1C(CC)=C5C)c(CC)c4C)c(CC)c3C)C(CC)=C2C)[N+](=O)[O-]. The average Bonchev–Trinajstić information content (AvgIpc) is 3.69. The van der Waals surface area contributed by atoms with E-state index in [2.05, 4.69) is 76.6 Å². The monoisotopic (exact) mass is 623 g/mol. The number of ether oxygens (including phenoxy) is 1. The second-order valence-corrected chi connectivity index (χ2v) is 12.1. The summed E-state index contributed by atoms with van der Waals surface area (Å²) in [7, 11) is 0. The van der Waals surface area contributed by atoms with Crippen LogP contribution in [0.2, 0.25) is 0 Å². The van der Waals surface area contributed by atoms with Gasteiger partial charge in [0.05, 0.1) is 35.8 Å². The molecule has 2 N–H and O–H groups in total. The zero-order valence-electron chi connectivity index (χ0n) is 28.5. The lowest BCUT2D eigenvalue weighted by Gasteiger charge is -2.13. The Balaban J connectivity index is 2.02. The zero-order chi connectivity index (χ0) is 33.4. The van der Waals surface area contributed by atoms with Crippen molar-refractivity contribution in [2.24, 2.45) is 0 Å². The van der Waals surface area contributed by atoms with Crippen LogP contribution in [0.25, 0.3) is 44.4 Å². The maximum atomic E-state index is 12.9. The van der Waals surface area contributed by atoms with Crippen LogP contribution < -0.4 is 0 Å². The Hall–Kier alpha value is -4.53. The van der Waals surface area contributed by atoms with Gasteiger partial charge in [0.1, 0.15) is 0 Å². The molecule has 0 aliphatic carbocycles. The second-order valence-electron chi connectivity index (χ2n) is 12.1. The van der Waals surface area contributed by atoms with E-state index in [0.717, 1.165) is 75.0 Å². The molecule has 0 amide bonds. The maximum absolute atomic E-state index is 12.9. The fourth-order valence-corrected chi connectivity index (χ4v) is 7.10. The number of nitrogens with zero attached hydrogens (tertiary/aromatic N) is 3. The van der Waals surface area contributed by atoms with Crippen LogP contribution >= 0.6 is 0 Å². The Morgan fingerprint density at radius 3 is 1.83 bits per heavy atom. The van der Waals surface area contributed by atoms with Crippen molar-refractivity contribution in [3.8, 4) is 0 Å². The number of allylic oxidation sites excluding steroid dienone is 4. The Morgan fingerprint density at radius 2 is 1.28 bits per heavy atom. The largest absolute Gasteiger partial charge is 0.461 e. The number of rotatable bonds is 9. The Kier molecular flexibility index (Phi) is 9.33. The molecule has 0 fully saturated rings. The highest BCUT2D eigenvalue weighted by atomic mass is 16.6. The maximum Gasteiger partial charge on any atom is 0.382 e. The summed E-state index contributed by atoms with van der Waals surface area (Å²) in [5.74, 6) is -0.855. The van der Waals surface area contributed by atoms with Gasteiger partial charge >= 0.3 is 12.0 Å². The van der Waals surface area contributed by atoms with Gasteiger partial charge in [0.25, 0.3) is 0 Å². The zero-order valence-corrected chi connectivity index (χ0v) is 28.5. The van der Waals surface area contributed by atoms with Crippen LogP contribution in [0.15, 0.2) is 18.2 Å². The van der Waals surface area contributed by atoms with Gasteiger partial charge in [-0.05, 0) is 123 Å². The lowest BCUT2D eigenvalue weighted by Crippen LogP contribution is -2.34. The number of nitro groups is 1. The molecule has 9 nitrogen and oxygen atoms in total. The van der Waals surface area contributed by atoms with E-state index in [1.807, 2.05) is 6.92 Å². The van der Waals surface area contributed by atoms with Crippen LogP contribution in [0.5, 0.6) is 0 Å². The first-order chi connectivity index (χ1) is 22.0. The third kappa shape index (κ3) is 5.56. The molecule has 0 spiro atoms. The summed E-state index contributed by atoms with van der Waals surface area (Å²) in [4.78, 5) is 42.5. The Morgan fingerprint density at radius 1 is 0.739 bits per heavy atom. The van der Waals surface area contributed by atoms with E-state index in [1.54, 1.807) is 6.92 Å². The number of carbonyl (C=O) groups excluding carboxylic acids is 1. The molecule has 242 valence electrons. The van der Waals surface area contributed by atoms with E-state index in [9.17, 15) is 14.9 Å². The van der Waals surface area contributed by atoms with Crippen LogP contribution in [0, 0.1) is 24.0 Å². The third-order valence-electron chi connectivity index (χ3n) is 9.65. The summed E-state index contributed by atoms with van der Waals surface area (Å²) in [5, 5.41) is 12.3. The normalized spacial score (nSPS) is 13.8. The summed E-state index contributed by atoms with van der Waals surface area (Å²) in [6, 6.07) is 4.81. The van der Waals surface area contributed by atoms with Crippen molar-refractivity contribution in [2.75, 3.05) is 6.61 Å². The molecule has 9 heteroatoms. The molecule has 46 heavy (non-hydrogen) atoms. The molecular weight excluding hydrogens is 578 g/mol. The predicted molar refractivity (Wildman–Crippen MR) is 186 cm³/mol. The first kappa shape index (κ1) is 32.9. The van der Waals surface area contributed by atoms with Crippen molar-refractivity contribution in [1.29, 1.82) is 0 Å². The summed E-state index contributed by atoms with van der Waals surface area (Å²) in [6.45, 7) is 18.6. The average molecular weight is 624 g/mol. The van der Waals surface area contributed by atoms with Crippen LogP contribution in [0.3, 0.4) is 0 Å². The van der Waals surface area contributed by atoms with Crippen LogP contribution in [0.4, 0.5) is 0 Å². The second kappa shape index (κ2) is 13.1. The van der Waals surface area contributed by atoms with Gasteiger partial charge in [0.15, 0.2) is 0 Å². The lowest BCUT2D eigenvalue weighted by atomic mass is 9.93. The van der Waals surface area contributed by atoms with Gasteiger partial charge in [-0.2, -0.15) is 0 Å². The molecule has 5 heterocycles. The number of aryl methyl sites for hydroxylation is 4. The smallest absolute Gasteiger partial charge is 0.382 e. The van der Waals surface area contributed by atoms with Gasteiger partial charge in [-0.1, -0.05) is 27.7 Å². The number of H-pyrrole nitrogens is 2. The van der Waals surface area contributed by atoms with Crippen LogP contribution in [-0.4, -0.2) is 43.5 Å². The molecule has 0 saturated carbocycles. The Bertz CT molecular complexity index is 1970. The summed E-state index contributed by atoms with van der Waals surface area (Å²) in [6.07, 6.45) is 2.93. The molecule has 5 rings (SSSR count). The molecule has 0 radical (unpaired) electrons. The molecule has 3 aromatic rings. The summed E-state index contributed by atoms with van der Waals surface area (Å²) < 4.78 is 5.17. The first-order valence-electron chi connectivity index (χ1n) is 16.4. The highest BCUT2D eigenvalue weighted by molar-refractivity contribution is 5.97. The molecular formula is C37H45N5O4. The van der Waals surface area contributed by atoms with E-state index in [-0.39, 0.29) is 13.0 Å². The van der Waals surface area contributed by atoms with Gasteiger partial charge in [-0.25, -0.2) is 14.8 Å². The standard InChI is InChI=1S/C37H45N5O4/c1-10-23-20(7)29-17-33-25(12-3)22(9)35(41-33)27(15-34(42(44)45)37(43)46-14-5)36-26(13-4)21(8)30(40-36)18-32-24(11-2)19(6)28(38-32)16-31(23)39-29/h16-18,34,38-39H,10-15H2,1-9H3/t34-/m1/s1. The minimum atomic E-state index is -1.58. The minimum Gasteiger partial charge on any atom is -0.461 e. The van der Waals surface area contributed by atoms with E-state index >= 15 is 0 Å². The van der Waals surface area contributed by atoms with E-state index in [4.69, 9.17) is 14.7 Å². The van der Waals surface area contributed by atoms with Crippen molar-refractivity contribution < 1.29 is 14.5 Å². The molecule has 8 bridgehead atoms. The molecule has 2 aliphatic heterocycles. The van der Waals surface area contributed by atoms with E-state index in [0.29, 0.717) is 23.4 Å². The fraction of sp³-hybridized carbons (Fsp3) is 0.432.